The van der Waals surface area contributed by atoms with Crippen LogP contribution in [0.3, 0.4) is 0 Å². The van der Waals surface area contributed by atoms with Crippen molar-refractivity contribution >= 4 is 10.8 Å². The van der Waals surface area contributed by atoms with Crippen LogP contribution in [0.4, 0.5) is 0 Å². The minimum Gasteiger partial charge on any atom is -0.312 e. The van der Waals surface area contributed by atoms with Crippen LogP contribution in [0.5, 0.6) is 0 Å². The van der Waals surface area contributed by atoms with Gasteiger partial charge in [0.05, 0.1) is 0 Å². The van der Waals surface area contributed by atoms with E-state index in [2.05, 4.69) is 48.4 Å². The van der Waals surface area contributed by atoms with Crippen molar-refractivity contribution in [3.63, 3.8) is 0 Å². The first-order valence-corrected chi connectivity index (χ1v) is 7.87. The standard InChI is InChI=1S/C18H26N2/c1-3-5-7-15(4-2)12-20-14-17-9-6-8-16-13-19-11-10-18(16)17/h6,8-11,13,15,20H,3-5,7,12,14H2,1-2H3. The molecule has 1 aromatic heterocycles. The van der Waals surface area contributed by atoms with Crippen molar-refractivity contribution in [1.82, 2.24) is 10.3 Å². The lowest BCUT2D eigenvalue weighted by atomic mass is 9.99. The maximum Gasteiger partial charge on any atom is 0.0346 e. The number of nitrogens with zero attached hydrogens (tertiary/aromatic N) is 1. The Balaban J connectivity index is 1.92. The molecule has 0 spiro atoms. The van der Waals surface area contributed by atoms with E-state index < -0.39 is 0 Å². The lowest BCUT2D eigenvalue weighted by Gasteiger charge is -2.16. The quantitative estimate of drug-likeness (QED) is 0.761. The molecule has 0 amide bonds. The summed E-state index contributed by atoms with van der Waals surface area (Å²) in [6, 6.07) is 8.57. The minimum absolute atomic E-state index is 0.812. The van der Waals surface area contributed by atoms with Gasteiger partial charge in [-0.2, -0.15) is 0 Å². The van der Waals surface area contributed by atoms with Gasteiger partial charge >= 0.3 is 0 Å². The predicted octanol–water partition coefficient (Wildman–Crippen LogP) is 4.54. The van der Waals surface area contributed by atoms with Crippen LogP contribution in [0.2, 0.25) is 0 Å². The Labute approximate surface area is 122 Å². The fraction of sp³-hybridized carbons (Fsp3) is 0.500. The van der Waals surface area contributed by atoms with Crippen LogP contribution in [-0.2, 0) is 6.54 Å². The first-order valence-electron chi connectivity index (χ1n) is 7.87. The summed E-state index contributed by atoms with van der Waals surface area (Å²) in [6.07, 6.45) is 9.08. The van der Waals surface area contributed by atoms with E-state index in [0.29, 0.717) is 0 Å². The Kier molecular flexibility index (Phi) is 6.00. The number of hydrogen-bond donors (Lipinski definition) is 1. The van der Waals surface area contributed by atoms with Crippen LogP contribution in [0, 0.1) is 5.92 Å². The molecule has 1 aromatic carbocycles. The van der Waals surface area contributed by atoms with E-state index in [1.165, 1.54) is 42.0 Å². The molecule has 2 heteroatoms. The average Bonchev–Trinajstić information content (AvgIpc) is 2.51. The Bertz CT molecular complexity index is 516. The van der Waals surface area contributed by atoms with Gasteiger partial charge in [-0.25, -0.2) is 0 Å². The molecule has 20 heavy (non-hydrogen) atoms. The topological polar surface area (TPSA) is 24.9 Å². The fourth-order valence-electron chi connectivity index (χ4n) is 2.70. The van der Waals surface area contributed by atoms with Gasteiger partial charge in [-0.05, 0) is 35.9 Å². The summed E-state index contributed by atoms with van der Waals surface area (Å²) in [7, 11) is 0. The third-order valence-electron chi connectivity index (χ3n) is 4.06. The zero-order chi connectivity index (χ0) is 14.2. The summed E-state index contributed by atoms with van der Waals surface area (Å²) in [5, 5.41) is 6.18. The third-order valence-corrected chi connectivity index (χ3v) is 4.06. The predicted molar refractivity (Wildman–Crippen MR) is 86.8 cm³/mol. The molecule has 2 rings (SSSR count). The Morgan fingerprint density at radius 1 is 1.20 bits per heavy atom. The van der Waals surface area contributed by atoms with Gasteiger partial charge in [-0.1, -0.05) is 51.3 Å². The highest BCUT2D eigenvalue weighted by Gasteiger charge is 2.06. The van der Waals surface area contributed by atoms with E-state index in [1.807, 2.05) is 12.4 Å². The monoisotopic (exact) mass is 270 g/mol. The molecule has 0 radical (unpaired) electrons. The Morgan fingerprint density at radius 2 is 2.10 bits per heavy atom. The maximum absolute atomic E-state index is 4.19. The number of aromatic nitrogens is 1. The van der Waals surface area contributed by atoms with Gasteiger partial charge in [-0.3, -0.25) is 4.98 Å². The van der Waals surface area contributed by atoms with Crippen molar-refractivity contribution in [2.45, 2.75) is 46.1 Å². The van der Waals surface area contributed by atoms with Crippen molar-refractivity contribution in [3.8, 4) is 0 Å². The molecule has 1 heterocycles. The van der Waals surface area contributed by atoms with Crippen LogP contribution in [-0.4, -0.2) is 11.5 Å². The molecule has 0 saturated heterocycles. The normalized spacial score (nSPS) is 12.7. The number of nitrogens with one attached hydrogen (secondary N) is 1. The van der Waals surface area contributed by atoms with E-state index in [1.54, 1.807) is 0 Å². The van der Waals surface area contributed by atoms with Crippen molar-refractivity contribution in [1.29, 1.82) is 0 Å². The number of unbranched alkanes of at least 4 members (excludes halogenated alkanes) is 1. The van der Waals surface area contributed by atoms with Gasteiger partial charge < -0.3 is 5.32 Å². The van der Waals surface area contributed by atoms with Gasteiger partial charge in [0.1, 0.15) is 0 Å². The van der Waals surface area contributed by atoms with Crippen molar-refractivity contribution in [2.75, 3.05) is 6.54 Å². The molecule has 0 bridgehead atoms. The Hall–Kier alpha value is -1.41. The second kappa shape index (κ2) is 8.01. The summed E-state index contributed by atoms with van der Waals surface area (Å²) in [6.45, 7) is 6.64. The largest absolute Gasteiger partial charge is 0.312 e. The molecule has 0 aliphatic heterocycles. The van der Waals surface area contributed by atoms with Crippen molar-refractivity contribution in [2.24, 2.45) is 5.92 Å². The number of rotatable bonds is 8. The van der Waals surface area contributed by atoms with E-state index in [9.17, 15) is 0 Å². The molecule has 1 unspecified atom stereocenters. The van der Waals surface area contributed by atoms with Crippen molar-refractivity contribution in [3.05, 3.63) is 42.2 Å². The summed E-state index contributed by atoms with van der Waals surface area (Å²) in [5.74, 6) is 0.812. The molecule has 0 aliphatic rings. The summed E-state index contributed by atoms with van der Waals surface area (Å²) in [5.41, 5.74) is 1.37. The lowest BCUT2D eigenvalue weighted by Crippen LogP contribution is -2.22. The van der Waals surface area contributed by atoms with E-state index >= 15 is 0 Å². The molecule has 2 nitrogen and oxygen atoms in total. The molecule has 0 saturated carbocycles. The first-order chi connectivity index (χ1) is 9.85. The van der Waals surface area contributed by atoms with Gasteiger partial charge in [0, 0.05) is 24.3 Å². The molecule has 1 N–H and O–H groups in total. The van der Waals surface area contributed by atoms with Crippen LogP contribution in [0.25, 0.3) is 10.8 Å². The van der Waals surface area contributed by atoms with Crippen LogP contribution >= 0.6 is 0 Å². The minimum atomic E-state index is 0.812. The van der Waals surface area contributed by atoms with Crippen LogP contribution in [0.15, 0.2) is 36.7 Å². The third kappa shape index (κ3) is 4.04. The van der Waals surface area contributed by atoms with Gasteiger partial charge in [-0.15, -0.1) is 0 Å². The Morgan fingerprint density at radius 3 is 2.90 bits per heavy atom. The highest BCUT2D eigenvalue weighted by Crippen LogP contribution is 2.17. The molecule has 1 atom stereocenters. The molecule has 0 aliphatic carbocycles. The number of benzene rings is 1. The number of hydrogen-bond acceptors (Lipinski definition) is 2. The zero-order valence-corrected chi connectivity index (χ0v) is 12.7. The molecule has 108 valence electrons. The molecule has 2 aromatic rings. The van der Waals surface area contributed by atoms with Gasteiger partial charge in [0.25, 0.3) is 0 Å². The number of fused-ring (bicyclic) bond motifs is 1. The van der Waals surface area contributed by atoms with E-state index in [4.69, 9.17) is 0 Å². The van der Waals surface area contributed by atoms with Crippen LogP contribution in [0.1, 0.15) is 45.1 Å². The lowest BCUT2D eigenvalue weighted by molar-refractivity contribution is 0.419. The highest BCUT2D eigenvalue weighted by molar-refractivity contribution is 5.84. The summed E-state index contributed by atoms with van der Waals surface area (Å²) < 4.78 is 0. The average molecular weight is 270 g/mol. The van der Waals surface area contributed by atoms with Crippen LogP contribution < -0.4 is 5.32 Å². The van der Waals surface area contributed by atoms with Crippen molar-refractivity contribution < 1.29 is 0 Å². The summed E-state index contributed by atoms with van der Waals surface area (Å²) in [4.78, 5) is 4.19. The highest BCUT2D eigenvalue weighted by atomic mass is 14.9. The molecular weight excluding hydrogens is 244 g/mol. The second-order valence-corrected chi connectivity index (χ2v) is 5.56. The number of pyridine rings is 1. The summed E-state index contributed by atoms with van der Waals surface area (Å²) >= 11 is 0. The van der Waals surface area contributed by atoms with Gasteiger partial charge in [0.2, 0.25) is 0 Å². The fourth-order valence-corrected chi connectivity index (χ4v) is 2.70. The second-order valence-electron chi connectivity index (χ2n) is 5.56. The first kappa shape index (κ1) is 15.0. The maximum atomic E-state index is 4.19. The molecular formula is C18H26N2. The van der Waals surface area contributed by atoms with E-state index in [0.717, 1.165) is 19.0 Å². The SMILES string of the molecule is CCCCC(CC)CNCc1cccc2cnccc12. The van der Waals surface area contributed by atoms with Gasteiger partial charge in [0.15, 0.2) is 0 Å². The molecule has 0 fully saturated rings. The smallest absolute Gasteiger partial charge is 0.0346 e. The zero-order valence-electron chi connectivity index (χ0n) is 12.7. The van der Waals surface area contributed by atoms with E-state index in [-0.39, 0.29) is 0 Å².